The molecule has 0 heterocycles. The molecule has 0 bridgehead atoms. The topological polar surface area (TPSA) is 69.7 Å². The lowest BCUT2D eigenvalue weighted by molar-refractivity contribution is 0.0767. The Hall–Kier alpha value is -1.70. The van der Waals surface area contributed by atoms with Crippen LogP contribution >= 0.6 is 0 Å². The molecule has 1 aromatic rings. The first-order valence-electron chi connectivity index (χ1n) is 9.51. The van der Waals surface area contributed by atoms with Crippen molar-refractivity contribution in [2.24, 2.45) is 0 Å². The number of nitrogens with zero attached hydrogens (tertiary/aromatic N) is 2. The number of rotatable bonds is 9. The summed E-state index contributed by atoms with van der Waals surface area (Å²) in [5.74, 6) is -0.102. The lowest BCUT2D eigenvalue weighted by Gasteiger charge is -2.32. The number of nitrogens with one attached hydrogen (secondary N) is 1. The van der Waals surface area contributed by atoms with E-state index in [4.69, 9.17) is 0 Å². The quantitative estimate of drug-likeness (QED) is 0.655. The van der Waals surface area contributed by atoms with Crippen LogP contribution in [0, 0.1) is 0 Å². The Morgan fingerprint density at radius 3 is 2.37 bits per heavy atom. The lowest BCUT2D eigenvalue weighted by atomic mass is 9.94. The molecule has 7 heteroatoms. The standard InChI is InChI=1S/C20H31N3O3S/c1-4-14-21-27(25,26)19-12-10-17(11-13-19)20(24)23(3)16-15-22(2)18-8-6-5-7-9-18/h4,10-13,18,21H,1,5-9,14-16H2,2-3H3. The van der Waals surface area contributed by atoms with E-state index in [1.165, 1.54) is 50.3 Å². The Labute approximate surface area is 163 Å². The number of carbonyl (C=O) groups excluding carboxylic acids is 1. The Bertz CT molecular complexity index is 725. The zero-order chi connectivity index (χ0) is 19.9. The van der Waals surface area contributed by atoms with Gasteiger partial charge in [0.25, 0.3) is 5.91 Å². The van der Waals surface area contributed by atoms with Crippen molar-refractivity contribution in [2.45, 2.75) is 43.0 Å². The van der Waals surface area contributed by atoms with Crippen molar-refractivity contribution in [3.05, 3.63) is 42.5 Å². The van der Waals surface area contributed by atoms with Crippen molar-refractivity contribution in [2.75, 3.05) is 33.7 Å². The lowest BCUT2D eigenvalue weighted by Crippen LogP contribution is -2.40. The van der Waals surface area contributed by atoms with Crippen molar-refractivity contribution < 1.29 is 13.2 Å². The molecule has 0 unspecified atom stereocenters. The van der Waals surface area contributed by atoms with Gasteiger partial charge in [-0.25, -0.2) is 13.1 Å². The molecule has 0 spiro atoms. The Morgan fingerprint density at radius 1 is 1.15 bits per heavy atom. The molecule has 1 amide bonds. The highest BCUT2D eigenvalue weighted by molar-refractivity contribution is 7.89. The monoisotopic (exact) mass is 393 g/mol. The van der Waals surface area contributed by atoms with Gasteiger partial charge in [-0.2, -0.15) is 0 Å². The number of benzene rings is 1. The molecule has 27 heavy (non-hydrogen) atoms. The van der Waals surface area contributed by atoms with E-state index in [1.54, 1.807) is 24.1 Å². The zero-order valence-electron chi connectivity index (χ0n) is 16.4. The van der Waals surface area contributed by atoms with Crippen LogP contribution < -0.4 is 4.72 Å². The van der Waals surface area contributed by atoms with E-state index in [0.29, 0.717) is 18.2 Å². The maximum atomic E-state index is 12.6. The average molecular weight is 394 g/mol. The van der Waals surface area contributed by atoms with Crippen LogP contribution in [0.25, 0.3) is 0 Å². The minimum absolute atomic E-state index is 0.102. The summed E-state index contributed by atoms with van der Waals surface area (Å²) in [6.45, 7) is 5.14. The Kier molecular flexibility index (Phi) is 8.01. The molecule has 1 N–H and O–H groups in total. The zero-order valence-corrected chi connectivity index (χ0v) is 17.2. The number of hydrogen-bond acceptors (Lipinski definition) is 4. The van der Waals surface area contributed by atoms with Gasteiger partial charge in [-0.15, -0.1) is 6.58 Å². The number of carbonyl (C=O) groups is 1. The molecule has 1 fully saturated rings. The average Bonchev–Trinajstić information content (AvgIpc) is 2.70. The van der Waals surface area contributed by atoms with Crippen molar-refractivity contribution in [3.8, 4) is 0 Å². The molecule has 1 saturated carbocycles. The third kappa shape index (κ3) is 6.16. The fourth-order valence-electron chi connectivity index (χ4n) is 3.36. The highest BCUT2D eigenvalue weighted by atomic mass is 32.2. The molecule has 0 aliphatic heterocycles. The van der Waals surface area contributed by atoms with Crippen molar-refractivity contribution in [1.82, 2.24) is 14.5 Å². The van der Waals surface area contributed by atoms with E-state index in [-0.39, 0.29) is 17.3 Å². The molecule has 2 rings (SSSR count). The van der Waals surface area contributed by atoms with Crippen LogP contribution in [0.15, 0.2) is 41.8 Å². The van der Waals surface area contributed by atoms with Crippen LogP contribution in [-0.4, -0.2) is 63.9 Å². The third-order valence-electron chi connectivity index (χ3n) is 5.16. The van der Waals surface area contributed by atoms with Gasteiger partial charge in [0, 0.05) is 38.3 Å². The third-order valence-corrected chi connectivity index (χ3v) is 6.60. The van der Waals surface area contributed by atoms with Gasteiger partial charge < -0.3 is 9.80 Å². The number of amides is 1. The van der Waals surface area contributed by atoms with Gasteiger partial charge in [0.2, 0.25) is 10.0 Å². The van der Waals surface area contributed by atoms with Crippen molar-refractivity contribution in [1.29, 1.82) is 0 Å². The SMILES string of the molecule is C=CCNS(=O)(=O)c1ccc(C(=O)N(C)CCN(C)C2CCCCC2)cc1. The van der Waals surface area contributed by atoms with E-state index in [0.717, 1.165) is 6.54 Å². The van der Waals surface area contributed by atoms with Crippen molar-refractivity contribution >= 4 is 15.9 Å². The summed E-state index contributed by atoms with van der Waals surface area (Å²) in [5, 5.41) is 0. The van der Waals surface area contributed by atoms with Gasteiger partial charge in [-0.1, -0.05) is 25.3 Å². The predicted molar refractivity (Wildman–Crippen MR) is 108 cm³/mol. The van der Waals surface area contributed by atoms with Crippen LogP contribution in [0.2, 0.25) is 0 Å². The summed E-state index contributed by atoms with van der Waals surface area (Å²) in [4.78, 5) is 16.8. The molecular weight excluding hydrogens is 362 g/mol. The smallest absolute Gasteiger partial charge is 0.253 e. The van der Waals surface area contributed by atoms with Gasteiger partial charge in [0.1, 0.15) is 0 Å². The number of likely N-dealkylation sites (N-methyl/N-ethyl adjacent to an activating group) is 2. The van der Waals surface area contributed by atoms with Crippen LogP contribution in [0.5, 0.6) is 0 Å². The number of sulfonamides is 1. The van der Waals surface area contributed by atoms with Crippen LogP contribution in [-0.2, 0) is 10.0 Å². The Balaban J connectivity index is 1.91. The van der Waals surface area contributed by atoms with E-state index in [1.807, 2.05) is 0 Å². The first kappa shape index (κ1) is 21.6. The highest BCUT2D eigenvalue weighted by Gasteiger charge is 2.20. The summed E-state index contributed by atoms with van der Waals surface area (Å²) in [6, 6.07) is 6.66. The van der Waals surface area contributed by atoms with E-state index in [2.05, 4.69) is 23.2 Å². The van der Waals surface area contributed by atoms with Gasteiger partial charge >= 0.3 is 0 Å². The normalized spacial score (nSPS) is 15.7. The summed E-state index contributed by atoms with van der Waals surface area (Å²) >= 11 is 0. The first-order valence-corrected chi connectivity index (χ1v) is 11.0. The molecule has 0 atom stereocenters. The molecule has 6 nitrogen and oxygen atoms in total. The van der Waals surface area contributed by atoms with Gasteiger partial charge in [-0.3, -0.25) is 4.79 Å². The van der Waals surface area contributed by atoms with Gasteiger partial charge in [0.05, 0.1) is 4.90 Å². The summed E-state index contributed by atoms with van der Waals surface area (Å²) in [5.41, 5.74) is 0.487. The molecule has 1 aliphatic carbocycles. The minimum Gasteiger partial charge on any atom is -0.340 e. The molecule has 0 radical (unpaired) electrons. The van der Waals surface area contributed by atoms with Gasteiger partial charge in [0.15, 0.2) is 0 Å². The first-order chi connectivity index (χ1) is 12.8. The fourth-order valence-corrected chi connectivity index (χ4v) is 4.36. The van der Waals surface area contributed by atoms with Crippen LogP contribution in [0.3, 0.4) is 0 Å². The fraction of sp³-hybridized carbons (Fsp3) is 0.550. The predicted octanol–water partition coefficient (Wildman–Crippen LogP) is 2.49. The van der Waals surface area contributed by atoms with Crippen molar-refractivity contribution in [3.63, 3.8) is 0 Å². The second-order valence-electron chi connectivity index (χ2n) is 7.16. The van der Waals surface area contributed by atoms with Crippen LogP contribution in [0.4, 0.5) is 0 Å². The second-order valence-corrected chi connectivity index (χ2v) is 8.93. The largest absolute Gasteiger partial charge is 0.340 e. The molecule has 0 aromatic heterocycles. The summed E-state index contributed by atoms with van der Waals surface area (Å²) < 4.78 is 26.6. The van der Waals surface area contributed by atoms with Gasteiger partial charge in [-0.05, 0) is 44.2 Å². The maximum Gasteiger partial charge on any atom is 0.253 e. The Morgan fingerprint density at radius 2 is 1.78 bits per heavy atom. The maximum absolute atomic E-state index is 12.6. The van der Waals surface area contributed by atoms with E-state index in [9.17, 15) is 13.2 Å². The number of hydrogen-bond donors (Lipinski definition) is 1. The second kappa shape index (κ2) is 10.0. The van der Waals surface area contributed by atoms with Crippen LogP contribution in [0.1, 0.15) is 42.5 Å². The van der Waals surface area contributed by atoms with E-state index < -0.39 is 10.0 Å². The summed E-state index contributed by atoms with van der Waals surface area (Å²) in [6.07, 6.45) is 7.88. The van der Waals surface area contributed by atoms with E-state index >= 15 is 0 Å². The molecular formula is C20H31N3O3S. The molecule has 1 aromatic carbocycles. The molecule has 150 valence electrons. The highest BCUT2D eigenvalue weighted by Crippen LogP contribution is 2.21. The summed E-state index contributed by atoms with van der Waals surface area (Å²) in [7, 11) is 0.342. The molecule has 1 aliphatic rings. The molecule has 0 saturated heterocycles. The minimum atomic E-state index is -3.57.